The molecule has 0 aliphatic heterocycles. The fourth-order valence-corrected chi connectivity index (χ4v) is 3.89. The maximum atomic E-state index is 12.1. The van der Waals surface area contributed by atoms with Crippen LogP contribution in [0.4, 0.5) is 0 Å². The van der Waals surface area contributed by atoms with Gasteiger partial charge in [0.15, 0.2) is 0 Å². The van der Waals surface area contributed by atoms with E-state index in [0.29, 0.717) is 0 Å². The number of rotatable bonds is 6. The second kappa shape index (κ2) is 8.11. The summed E-state index contributed by atoms with van der Waals surface area (Å²) in [6.07, 6.45) is 0. The summed E-state index contributed by atoms with van der Waals surface area (Å²) in [5.41, 5.74) is -0.412. The van der Waals surface area contributed by atoms with Crippen LogP contribution < -0.4 is 0 Å². The quantitative estimate of drug-likeness (QED) is 0.509. The van der Waals surface area contributed by atoms with Gasteiger partial charge < -0.3 is 10.2 Å². The normalized spacial score (nSPS) is 14.6. The molecule has 2 unspecified atom stereocenters. The van der Waals surface area contributed by atoms with Crippen LogP contribution in [0.2, 0.25) is 0 Å². The third-order valence-electron chi connectivity index (χ3n) is 3.71. The molecule has 0 fully saturated rings. The Morgan fingerprint density at radius 3 is 1.68 bits per heavy atom. The zero-order chi connectivity index (χ0) is 18.0. The van der Waals surface area contributed by atoms with Crippen molar-refractivity contribution in [2.24, 2.45) is 0 Å². The molecule has 2 aromatic rings. The van der Waals surface area contributed by atoms with Crippen molar-refractivity contribution in [1.82, 2.24) is 0 Å². The first-order chi connectivity index (χ1) is 11.2. The molecule has 0 spiro atoms. The maximum absolute atomic E-state index is 12.1. The molecule has 0 aliphatic rings. The molecule has 7 nitrogen and oxygen atoms in total. The minimum atomic E-state index is -5.35. The van der Waals surface area contributed by atoms with Crippen molar-refractivity contribution in [2.45, 2.75) is 10.7 Å². The van der Waals surface area contributed by atoms with Gasteiger partial charge in [-0.3, -0.25) is 14.1 Å². The molecule has 0 aliphatic carbocycles. The molecule has 2 aromatic carbocycles. The van der Waals surface area contributed by atoms with Crippen LogP contribution in [0.25, 0.3) is 0 Å². The summed E-state index contributed by atoms with van der Waals surface area (Å²) in [4.78, 5) is 23.8. The minimum absolute atomic E-state index is 0. The van der Waals surface area contributed by atoms with Gasteiger partial charge in [-0.05, 0) is 11.1 Å². The molecule has 2 rings (SSSR count). The summed E-state index contributed by atoms with van der Waals surface area (Å²) in [7, 11) is -5.35. The Kier molecular flexibility index (Phi) is 6.92. The predicted molar refractivity (Wildman–Crippen MR) is 91.3 cm³/mol. The van der Waals surface area contributed by atoms with Crippen molar-refractivity contribution in [2.75, 3.05) is 0 Å². The van der Waals surface area contributed by atoms with E-state index < -0.39 is 32.7 Å². The van der Waals surface area contributed by atoms with Crippen molar-refractivity contribution in [3.05, 3.63) is 71.8 Å². The zero-order valence-electron chi connectivity index (χ0n) is 12.2. The molecule has 0 amide bonds. The van der Waals surface area contributed by atoms with E-state index >= 15 is 0 Å². The van der Waals surface area contributed by atoms with Crippen molar-refractivity contribution < 1.29 is 32.8 Å². The molecular weight excluding hydrogens is 359 g/mol. The Morgan fingerprint density at radius 2 is 1.32 bits per heavy atom. The second-order valence-corrected chi connectivity index (χ2v) is 6.66. The van der Waals surface area contributed by atoms with Crippen molar-refractivity contribution in [1.29, 1.82) is 0 Å². The summed E-state index contributed by atoms with van der Waals surface area (Å²) in [6.45, 7) is 0. The third-order valence-corrected chi connectivity index (χ3v) is 5.17. The van der Waals surface area contributed by atoms with Crippen LogP contribution >= 0.6 is 0 Å². The third kappa shape index (κ3) is 3.78. The Hall–Kier alpha value is -1.71. The predicted octanol–water partition coefficient (Wildman–Crippen LogP) is 1.07. The molecule has 0 radical (unpaired) electrons. The number of benzene rings is 2. The first-order valence-electron chi connectivity index (χ1n) is 6.76. The van der Waals surface area contributed by atoms with Gasteiger partial charge in [-0.25, -0.2) is 0 Å². The van der Waals surface area contributed by atoms with E-state index in [9.17, 15) is 32.8 Å². The molecule has 0 saturated carbocycles. The number of hydrogen-bond donors (Lipinski definition) is 3. The zero-order valence-corrected chi connectivity index (χ0v) is 13.1. The van der Waals surface area contributed by atoms with E-state index in [0.717, 1.165) is 12.1 Å². The number of carboxylic acids is 2. The van der Waals surface area contributed by atoms with E-state index in [1.165, 1.54) is 42.5 Å². The van der Waals surface area contributed by atoms with E-state index in [1.807, 2.05) is 0 Å². The molecule has 9 heteroatoms. The van der Waals surface area contributed by atoms with E-state index in [-0.39, 0.29) is 40.7 Å². The molecule has 25 heavy (non-hydrogen) atoms. The molecule has 0 aromatic heterocycles. The van der Waals surface area contributed by atoms with Crippen LogP contribution in [0, 0.1) is 0 Å². The molecular formula is C16H15NaO7S. The van der Waals surface area contributed by atoms with Crippen LogP contribution in [-0.2, 0) is 24.5 Å². The van der Waals surface area contributed by atoms with E-state index in [2.05, 4.69) is 0 Å². The Labute approximate surface area is 166 Å². The molecule has 3 N–H and O–H groups in total. The van der Waals surface area contributed by atoms with Crippen LogP contribution in [0.15, 0.2) is 60.7 Å². The monoisotopic (exact) mass is 374 g/mol. The number of carboxylic acid groups (broad SMARTS) is 2. The topological polar surface area (TPSA) is 129 Å². The Balaban J connectivity index is 0.00000312. The van der Waals surface area contributed by atoms with Crippen LogP contribution in [0.3, 0.4) is 0 Å². The van der Waals surface area contributed by atoms with Gasteiger partial charge in [0, 0.05) is 0 Å². The summed E-state index contributed by atoms with van der Waals surface area (Å²) < 4.78 is 30.9. The summed E-state index contributed by atoms with van der Waals surface area (Å²) in [5.74, 6) is -5.72. The van der Waals surface area contributed by atoms with Crippen LogP contribution in [-0.4, -0.2) is 64.7 Å². The molecule has 2 atom stereocenters. The molecule has 0 bridgehead atoms. The van der Waals surface area contributed by atoms with Crippen molar-refractivity contribution in [3.63, 3.8) is 0 Å². The Bertz CT molecular complexity index is 853. The first-order valence-corrected chi connectivity index (χ1v) is 8.20. The van der Waals surface area contributed by atoms with Gasteiger partial charge in [0.2, 0.25) is 4.75 Å². The summed E-state index contributed by atoms with van der Waals surface area (Å²) in [6, 6.07) is 13.6. The fourth-order valence-electron chi connectivity index (χ4n) is 2.70. The van der Waals surface area contributed by atoms with Gasteiger partial charge in [0.25, 0.3) is 10.1 Å². The van der Waals surface area contributed by atoms with Gasteiger partial charge in [-0.15, -0.1) is 0 Å². The summed E-state index contributed by atoms with van der Waals surface area (Å²) >= 11 is 0. The standard InChI is InChI=1S/C16H14O7S.Na.H/c17-14(18)13(11-7-3-1-4-8-11)16(15(19)20,24(21,22)23)12-9-5-2-6-10-12;;/h1-10,13H,(H,17,18)(H,19,20)(H,21,22,23);;. The number of aliphatic carboxylic acids is 2. The van der Waals surface area contributed by atoms with Gasteiger partial charge in [0.1, 0.15) is 5.92 Å². The van der Waals surface area contributed by atoms with Crippen molar-refractivity contribution in [3.8, 4) is 0 Å². The Morgan fingerprint density at radius 1 is 0.880 bits per heavy atom. The average Bonchev–Trinajstić information content (AvgIpc) is 2.52. The van der Waals surface area contributed by atoms with Gasteiger partial charge in [-0.2, -0.15) is 8.42 Å². The SMILES string of the molecule is O=C(O)C(c1ccccc1)C(C(=O)O)(c1ccccc1)S(=O)(=O)O.[NaH]. The summed E-state index contributed by atoms with van der Waals surface area (Å²) in [5, 5.41) is 19.3. The first kappa shape index (κ1) is 21.3. The van der Waals surface area contributed by atoms with Crippen molar-refractivity contribution >= 4 is 51.6 Å². The second-order valence-electron chi connectivity index (χ2n) is 5.06. The molecule has 0 heterocycles. The fraction of sp³-hybridized carbons (Fsp3) is 0.125. The van der Waals surface area contributed by atoms with E-state index in [4.69, 9.17) is 0 Å². The van der Waals surface area contributed by atoms with Gasteiger partial charge >= 0.3 is 41.5 Å². The average molecular weight is 374 g/mol. The molecule has 128 valence electrons. The number of hydrogen-bond acceptors (Lipinski definition) is 4. The molecule has 0 saturated heterocycles. The van der Waals surface area contributed by atoms with Gasteiger partial charge in [0.05, 0.1) is 0 Å². The van der Waals surface area contributed by atoms with E-state index in [1.54, 1.807) is 6.07 Å². The number of carbonyl (C=O) groups is 2. The van der Waals surface area contributed by atoms with Crippen LogP contribution in [0.1, 0.15) is 17.0 Å². The van der Waals surface area contributed by atoms with Crippen LogP contribution in [0.5, 0.6) is 0 Å². The van der Waals surface area contributed by atoms with Gasteiger partial charge in [-0.1, -0.05) is 60.7 Å².